The molecule has 0 aliphatic heterocycles. The number of carbonyl (C=O) groups excluding carboxylic acids is 1. The van der Waals surface area contributed by atoms with Crippen LogP contribution in [0, 0.1) is 0 Å². The van der Waals surface area contributed by atoms with Gasteiger partial charge in [0.05, 0.1) is 11.4 Å². The number of amides is 1. The van der Waals surface area contributed by atoms with Gasteiger partial charge in [0, 0.05) is 23.7 Å². The minimum atomic E-state index is -0.0816. The smallest absolute Gasteiger partial charge is 0.251 e. The molecule has 3 nitrogen and oxygen atoms in total. The summed E-state index contributed by atoms with van der Waals surface area (Å²) in [6.07, 6.45) is 0. The maximum atomic E-state index is 11.7. The molecular formula is C11H13Br2NO2. The Morgan fingerprint density at radius 2 is 2.31 bits per heavy atom. The molecule has 0 bridgehead atoms. The zero-order chi connectivity index (χ0) is 12.0. The van der Waals surface area contributed by atoms with Crippen molar-refractivity contribution < 1.29 is 9.53 Å². The van der Waals surface area contributed by atoms with Crippen molar-refractivity contribution in [2.45, 2.75) is 4.83 Å². The Hall–Kier alpha value is -0.390. The van der Waals surface area contributed by atoms with Crippen LogP contribution in [0.5, 0.6) is 0 Å². The topological polar surface area (TPSA) is 38.3 Å². The molecule has 1 N–H and O–H groups in total. The van der Waals surface area contributed by atoms with E-state index in [-0.39, 0.29) is 10.7 Å². The molecule has 0 heterocycles. The number of carbonyl (C=O) groups is 1. The van der Waals surface area contributed by atoms with Crippen LogP contribution in [0.25, 0.3) is 0 Å². The standard InChI is InChI=1S/C11H13Br2NO2/c1-16-7-10(13)6-14-11(15)8-3-2-4-9(12)5-8/h2-5,10H,6-7H2,1H3,(H,14,15). The van der Waals surface area contributed by atoms with E-state index in [4.69, 9.17) is 4.74 Å². The summed E-state index contributed by atoms with van der Waals surface area (Å²) >= 11 is 6.73. The molecular weight excluding hydrogens is 338 g/mol. The summed E-state index contributed by atoms with van der Waals surface area (Å²) in [6, 6.07) is 7.28. The molecule has 0 saturated heterocycles. The summed E-state index contributed by atoms with van der Waals surface area (Å²) in [6.45, 7) is 1.11. The fraction of sp³-hybridized carbons (Fsp3) is 0.364. The van der Waals surface area contributed by atoms with Crippen molar-refractivity contribution in [1.29, 1.82) is 0 Å². The van der Waals surface area contributed by atoms with Gasteiger partial charge in [-0.3, -0.25) is 4.79 Å². The van der Waals surface area contributed by atoms with E-state index in [0.717, 1.165) is 4.47 Å². The highest BCUT2D eigenvalue weighted by Crippen LogP contribution is 2.11. The van der Waals surface area contributed by atoms with E-state index in [1.807, 2.05) is 12.1 Å². The Kier molecular flexibility index (Phi) is 6.01. The largest absolute Gasteiger partial charge is 0.383 e. The molecule has 1 amide bonds. The van der Waals surface area contributed by atoms with E-state index in [1.165, 1.54) is 0 Å². The first-order chi connectivity index (χ1) is 7.63. The van der Waals surface area contributed by atoms with Crippen LogP contribution in [0.4, 0.5) is 0 Å². The Morgan fingerprint density at radius 1 is 1.56 bits per heavy atom. The Morgan fingerprint density at radius 3 is 2.94 bits per heavy atom. The summed E-state index contributed by atoms with van der Waals surface area (Å²) in [4.78, 5) is 11.8. The molecule has 0 saturated carbocycles. The average Bonchev–Trinajstić information content (AvgIpc) is 2.26. The lowest BCUT2D eigenvalue weighted by Crippen LogP contribution is -2.31. The zero-order valence-electron chi connectivity index (χ0n) is 8.87. The normalized spacial score (nSPS) is 12.2. The predicted molar refractivity (Wildman–Crippen MR) is 71.1 cm³/mol. The summed E-state index contributed by atoms with van der Waals surface area (Å²) in [5.74, 6) is -0.0816. The molecule has 1 rings (SSSR count). The van der Waals surface area contributed by atoms with Gasteiger partial charge in [-0.1, -0.05) is 37.9 Å². The van der Waals surface area contributed by atoms with Gasteiger partial charge in [-0.15, -0.1) is 0 Å². The van der Waals surface area contributed by atoms with E-state index < -0.39 is 0 Å². The number of alkyl halides is 1. The summed E-state index contributed by atoms with van der Waals surface area (Å²) in [7, 11) is 1.63. The lowest BCUT2D eigenvalue weighted by atomic mass is 10.2. The first kappa shape index (κ1) is 13.7. The van der Waals surface area contributed by atoms with Gasteiger partial charge in [-0.25, -0.2) is 0 Å². The summed E-state index contributed by atoms with van der Waals surface area (Å²) < 4.78 is 5.85. The average molecular weight is 351 g/mol. The van der Waals surface area contributed by atoms with Crippen molar-refractivity contribution in [2.75, 3.05) is 20.3 Å². The lowest BCUT2D eigenvalue weighted by molar-refractivity contribution is 0.0950. The number of ether oxygens (including phenoxy) is 1. The molecule has 5 heteroatoms. The third-order valence-corrected chi connectivity index (χ3v) is 3.00. The van der Waals surface area contributed by atoms with Crippen molar-refractivity contribution in [2.24, 2.45) is 0 Å². The third-order valence-electron chi connectivity index (χ3n) is 1.92. The van der Waals surface area contributed by atoms with E-state index in [9.17, 15) is 4.79 Å². The lowest BCUT2D eigenvalue weighted by Gasteiger charge is -2.10. The number of hydrogen-bond donors (Lipinski definition) is 1. The van der Waals surface area contributed by atoms with Crippen LogP contribution in [-0.2, 0) is 4.74 Å². The van der Waals surface area contributed by atoms with Crippen molar-refractivity contribution in [3.63, 3.8) is 0 Å². The van der Waals surface area contributed by atoms with Crippen LogP contribution in [-0.4, -0.2) is 31.0 Å². The molecule has 88 valence electrons. The van der Waals surface area contributed by atoms with Crippen LogP contribution in [0.2, 0.25) is 0 Å². The van der Waals surface area contributed by atoms with E-state index in [2.05, 4.69) is 37.2 Å². The van der Waals surface area contributed by atoms with Crippen LogP contribution < -0.4 is 5.32 Å². The van der Waals surface area contributed by atoms with Crippen LogP contribution in [0.15, 0.2) is 28.7 Å². The second-order valence-electron chi connectivity index (χ2n) is 3.27. The molecule has 0 radical (unpaired) electrons. The van der Waals surface area contributed by atoms with Gasteiger partial charge in [-0.2, -0.15) is 0 Å². The second-order valence-corrected chi connectivity index (χ2v) is 5.48. The SMILES string of the molecule is COCC(Br)CNC(=O)c1cccc(Br)c1. The van der Waals surface area contributed by atoms with E-state index >= 15 is 0 Å². The highest BCUT2D eigenvalue weighted by molar-refractivity contribution is 9.10. The van der Waals surface area contributed by atoms with Gasteiger partial charge in [0.1, 0.15) is 0 Å². The molecule has 0 aliphatic carbocycles. The maximum absolute atomic E-state index is 11.7. The molecule has 0 fully saturated rings. The molecule has 1 aromatic carbocycles. The van der Waals surface area contributed by atoms with Crippen LogP contribution >= 0.6 is 31.9 Å². The monoisotopic (exact) mass is 349 g/mol. The maximum Gasteiger partial charge on any atom is 0.251 e. The van der Waals surface area contributed by atoms with Gasteiger partial charge in [0.15, 0.2) is 0 Å². The van der Waals surface area contributed by atoms with Gasteiger partial charge in [0.2, 0.25) is 0 Å². The van der Waals surface area contributed by atoms with Gasteiger partial charge in [0.25, 0.3) is 5.91 Å². The van der Waals surface area contributed by atoms with Crippen molar-refractivity contribution in [3.8, 4) is 0 Å². The minimum absolute atomic E-state index is 0.0816. The Labute approximate surface area is 112 Å². The molecule has 1 aromatic rings. The predicted octanol–water partition coefficient (Wildman–Crippen LogP) is 2.59. The van der Waals surface area contributed by atoms with Crippen LogP contribution in [0.3, 0.4) is 0 Å². The van der Waals surface area contributed by atoms with Crippen molar-refractivity contribution in [3.05, 3.63) is 34.3 Å². The number of halogens is 2. The molecule has 16 heavy (non-hydrogen) atoms. The number of benzene rings is 1. The van der Waals surface area contributed by atoms with Crippen molar-refractivity contribution >= 4 is 37.8 Å². The van der Waals surface area contributed by atoms with E-state index in [1.54, 1.807) is 19.2 Å². The minimum Gasteiger partial charge on any atom is -0.383 e. The number of nitrogens with one attached hydrogen (secondary N) is 1. The zero-order valence-corrected chi connectivity index (χ0v) is 12.0. The van der Waals surface area contributed by atoms with Gasteiger partial charge in [-0.05, 0) is 18.2 Å². The second kappa shape index (κ2) is 7.04. The highest BCUT2D eigenvalue weighted by atomic mass is 79.9. The molecule has 1 atom stereocenters. The molecule has 0 spiro atoms. The van der Waals surface area contributed by atoms with Crippen molar-refractivity contribution in [1.82, 2.24) is 5.32 Å². The first-order valence-electron chi connectivity index (χ1n) is 4.80. The summed E-state index contributed by atoms with van der Waals surface area (Å²) in [5.41, 5.74) is 0.645. The number of rotatable bonds is 5. The van der Waals surface area contributed by atoms with Gasteiger partial charge >= 0.3 is 0 Å². The Balaban J connectivity index is 2.47. The molecule has 0 aliphatic rings. The summed E-state index contributed by atoms with van der Waals surface area (Å²) in [5, 5.41) is 2.82. The highest BCUT2D eigenvalue weighted by Gasteiger charge is 2.08. The fourth-order valence-corrected chi connectivity index (χ4v) is 2.00. The quantitative estimate of drug-likeness (QED) is 0.829. The number of hydrogen-bond acceptors (Lipinski definition) is 2. The molecule has 1 unspecified atom stereocenters. The fourth-order valence-electron chi connectivity index (χ4n) is 1.17. The van der Waals surface area contributed by atoms with Crippen LogP contribution in [0.1, 0.15) is 10.4 Å². The first-order valence-corrected chi connectivity index (χ1v) is 6.51. The number of methoxy groups -OCH3 is 1. The van der Waals surface area contributed by atoms with Gasteiger partial charge < -0.3 is 10.1 Å². The Bertz CT molecular complexity index is 358. The molecule has 0 aromatic heterocycles. The van der Waals surface area contributed by atoms with E-state index in [0.29, 0.717) is 18.7 Å². The third kappa shape index (κ3) is 4.63.